The number of hydrogen-bond donors (Lipinski definition) is 1. The molecule has 0 spiro atoms. The Kier molecular flexibility index (Phi) is 3.48. The third-order valence-corrected chi connectivity index (χ3v) is 3.00. The fraction of sp³-hybridized carbons (Fsp3) is 0.333. The summed E-state index contributed by atoms with van der Waals surface area (Å²) in [4.78, 5) is 14.7. The lowest BCUT2D eigenvalue weighted by Gasteiger charge is -2.16. The minimum atomic E-state index is -3.77. The van der Waals surface area contributed by atoms with Crippen LogP contribution < -0.4 is 0 Å². The van der Waals surface area contributed by atoms with E-state index in [0.29, 0.717) is 9.87 Å². The van der Waals surface area contributed by atoms with Crippen LogP contribution in [0, 0.1) is 6.92 Å². The molecule has 1 N–H and O–H groups in total. The minimum Gasteiger partial charge on any atom is -0.464 e. The number of carboxylic acid groups (broad SMARTS) is 1. The minimum absolute atomic E-state index is 0.221. The van der Waals surface area contributed by atoms with Crippen LogP contribution in [0.4, 0.5) is 4.79 Å². The molecule has 0 saturated carbocycles. The normalized spacial score (nSPS) is 11.1. The molecular formula is C9H12N2O4S. The highest BCUT2D eigenvalue weighted by molar-refractivity contribution is 7.88. The maximum Gasteiger partial charge on any atom is 0.421 e. The standard InChI is InChI=1S/C9H12N2O4S/c1-7-3-4-8(5-10-7)6-11(9(12)13)16(2,14)15/h3-5H,6H2,1-2H3,(H,12,13). The smallest absolute Gasteiger partial charge is 0.421 e. The van der Waals surface area contributed by atoms with Gasteiger partial charge in [0, 0.05) is 11.9 Å². The second-order valence-electron chi connectivity index (χ2n) is 3.36. The van der Waals surface area contributed by atoms with Crippen LogP contribution in [0.1, 0.15) is 11.3 Å². The van der Waals surface area contributed by atoms with Crippen LogP contribution in [0.2, 0.25) is 0 Å². The summed E-state index contributed by atoms with van der Waals surface area (Å²) in [5.74, 6) is 0. The van der Waals surface area contributed by atoms with Crippen LogP contribution in [-0.2, 0) is 16.6 Å². The molecule has 0 aliphatic rings. The van der Waals surface area contributed by atoms with Crippen molar-refractivity contribution in [2.75, 3.05) is 6.26 Å². The van der Waals surface area contributed by atoms with E-state index in [1.165, 1.54) is 6.20 Å². The molecule has 0 aliphatic heterocycles. The molecule has 1 rings (SSSR count). The fourth-order valence-corrected chi connectivity index (χ4v) is 1.75. The van der Waals surface area contributed by atoms with Gasteiger partial charge in [-0.15, -0.1) is 0 Å². The van der Waals surface area contributed by atoms with Gasteiger partial charge in [-0.05, 0) is 18.6 Å². The van der Waals surface area contributed by atoms with Gasteiger partial charge in [-0.1, -0.05) is 6.07 Å². The number of aromatic nitrogens is 1. The van der Waals surface area contributed by atoms with Gasteiger partial charge in [0.05, 0.1) is 12.8 Å². The van der Waals surface area contributed by atoms with E-state index in [1.54, 1.807) is 19.1 Å². The van der Waals surface area contributed by atoms with Crippen LogP contribution in [0.5, 0.6) is 0 Å². The molecule has 0 aromatic carbocycles. The summed E-state index contributed by atoms with van der Waals surface area (Å²) >= 11 is 0. The second kappa shape index (κ2) is 4.48. The van der Waals surface area contributed by atoms with Gasteiger partial charge in [-0.2, -0.15) is 0 Å². The molecule has 0 bridgehead atoms. The first-order valence-electron chi connectivity index (χ1n) is 4.43. The lowest BCUT2D eigenvalue weighted by molar-refractivity contribution is 0.171. The molecule has 0 radical (unpaired) electrons. The van der Waals surface area contributed by atoms with E-state index in [1.807, 2.05) is 0 Å². The summed E-state index contributed by atoms with van der Waals surface area (Å²) in [5.41, 5.74) is 1.31. The number of amides is 1. The molecule has 88 valence electrons. The number of sulfonamides is 1. The summed E-state index contributed by atoms with van der Waals surface area (Å²) in [6, 6.07) is 3.33. The Hall–Kier alpha value is -1.63. The van der Waals surface area contributed by atoms with Crippen molar-refractivity contribution in [3.05, 3.63) is 29.6 Å². The van der Waals surface area contributed by atoms with Gasteiger partial charge in [0.2, 0.25) is 10.0 Å². The molecule has 16 heavy (non-hydrogen) atoms. The summed E-state index contributed by atoms with van der Waals surface area (Å²) < 4.78 is 22.7. The van der Waals surface area contributed by atoms with Crippen LogP contribution in [0.3, 0.4) is 0 Å². The highest BCUT2D eigenvalue weighted by atomic mass is 32.2. The number of nitrogens with zero attached hydrogens (tertiary/aromatic N) is 2. The number of rotatable bonds is 3. The van der Waals surface area contributed by atoms with E-state index >= 15 is 0 Å². The van der Waals surface area contributed by atoms with E-state index in [4.69, 9.17) is 5.11 Å². The molecule has 7 heteroatoms. The maximum atomic E-state index is 11.2. The Labute approximate surface area is 93.6 Å². The van der Waals surface area contributed by atoms with Crippen molar-refractivity contribution >= 4 is 16.1 Å². The van der Waals surface area contributed by atoms with E-state index < -0.39 is 16.1 Å². The average Bonchev–Trinajstić information content (AvgIpc) is 2.14. The number of pyridine rings is 1. The molecule has 0 fully saturated rings. The Morgan fingerprint density at radius 2 is 2.12 bits per heavy atom. The molecule has 6 nitrogen and oxygen atoms in total. The molecule has 0 saturated heterocycles. The number of hydrogen-bond acceptors (Lipinski definition) is 4. The van der Waals surface area contributed by atoms with Gasteiger partial charge in [-0.25, -0.2) is 17.5 Å². The first kappa shape index (κ1) is 12.4. The first-order chi connectivity index (χ1) is 7.30. The van der Waals surface area contributed by atoms with Crippen molar-refractivity contribution in [3.8, 4) is 0 Å². The third kappa shape index (κ3) is 3.20. The van der Waals surface area contributed by atoms with E-state index in [0.717, 1.165) is 11.9 Å². The number of carbonyl (C=O) groups is 1. The first-order valence-corrected chi connectivity index (χ1v) is 6.27. The number of aryl methyl sites for hydroxylation is 1. The summed E-state index contributed by atoms with van der Waals surface area (Å²) in [7, 11) is -3.77. The van der Waals surface area contributed by atoms with Crippen molar-refractivity contribution in [2.24, 2.45) is 0 Å². The zero-order valence-corrected chi connectivity index (χ0v) is 9.73. The van der Waals surface area contributed by atoms with Gasteiger partial charge < -0.3 is 5.11 Å². The quantitative estimate of drug-likeness (QED) is 0.850. The van der Waals surface area contributed by atoms with Gasteiger partial charge in [0.1, 0.15) is 0 Å². The molecule has 0 aliphatic carbocycles. The summed E-state index contributed by atoms with van der Waals surface area (Å²) in [6.45, 7) is 1.57. The summed E-state index contributed by atoms with van der Waals surface area (Å²) in [6.07, 6.45) is 0.808. The van der Waals surface area contributed by atoms with E-state index in [2.05, 4.69) is 4.98 Å². The molecule has 1 aromatic rings. The van der Waals surface area contributed by atoms with Crippen molar-refractivity contribution in [2.45, 2.75) is 13.5 Å². The maximum absolute atomic E-state index is 11.2. The van der Waals surface area contributed by atoms with Gasteiger partial charge >= 0.3 is 6.09 Å². The Bertz CT molecular complexity index is 481. The topological polar surface area (TPSA) is 87.6 Å². The van der Waals surface area contributed by atoms with Crippen LogP contribution in [0.25, 0.3) is 0 Å². The van der Waals surface area contributed by atoms with Crippen molar-refractivity contribution in [1.82, 2.24) is 9.29 Å². The molecular weight excluding hydrogens is 232 g/mol. The van der Waals surface area contributed by atoms with E-state index in [9.17, 15) is 13.2 Å². The average molecular weight is 244 g/mol. The zero-order chi connectivity index (χ0) is 12.3. The van der Waals surface area contributed by atoms with Crippen molar-refractivity contribution in [3.63, 3.8) is 0 Å². The SMILES string of the molecule is Cc1ccc(CN(C(=O)O)S(C)(=O)=O)cn1. The van der Waals surface area contributed by atoms with Gasteiger partial charge in [0.25, 0.3) is 0 Å². The fourth-order valence-electron chi connectivity index (χ4n) is 1.08. The summed E-state index contributed by atoms with van der Waals surface area (Å²) in [5, 5.41) is 8.75. The Morgan fingerprint density at radius 3 is 2.50 bits per heavy atom. The monoisotopic (exact) mass is 244 g/mol. The van der Waals surface area contributed by atoms with Crippen molar-refractivity contribution < 1.29 is 18.3 Å². The van der Waals surface area contributed by atoms with Gasteiger partial charge in [-0.3, -0.25) is 4.98 Å². The van der Waals surface area contributed by atoms with Crippen LogP contribution >= 0.6 is 0 Å². The molecule has 1 heterocycles. The zero-order valence-electron chi connectivity index (χ0n) is 8.91. The highest BCUT2D eigenvalue weighted by Gasteiger charge is 2.22. The third-order valence-electron chi connectivity index (χ3n) is 1.91. The Balaban J connectivity index is 2.93. The van der Waals surface area contributed by atoms with Crippen LogP contribution in [0.15, 0.2) is 18.3 Å². The molecule has 0 unspecified atom stereocenters. The van der Waals surface area contributed by atoms with Gasteiger partial charge in [0.15, 0.2) is 0 Å². The van der Waals surface area contributed by atoms with Crippen LogP contribution in [-0.4, -0.2) is 35.2 Å². The molecule has 0 atom stereocenters. The highest BCUT2D eigenvalue weighted by Crippen LogP contribution is 2.08. The predicted molar refractivity (Wildman–Crippen MR) is 57.4 cm³/mol. The Morgan fingerprint density at radius 1 is 1.50 bits per heavy atom. The predicted octanol–water partition coefficient (Wildman–Crippen LogP) is 0.830. The van der Waals surface area contributed by atoms with Crippen molar-refractivity contribution in [1.29, 1.82) is 0 Å². The molecule has 1 aromatic heterocycles. The molecule has 1 amide bonds. The second-order valence-corrected chi connectivity index (χ2v) is 5.27. The van der Waals surface area contributed by atoms with E-state index in [-0.39, 0.29) is 6.54 Å². The largest absolute Gasteiger partial charge is 0.464 e. The lowest BCUT2D eigenvalue weighted by atomic mass is 10.2. The lowest BCUT2D eigenvalue weighted by Crippen LogP contribution is -2.34.